The molecule has 0 spiro atoms. The van der Waals surface area contributed by atoms with E-state index in [4.69, 9.17) is 4.74 Å². The van der Waals surface area contributed by atoms with Gasteiger partial charge in [-0.1, -0.05) is 13.0 Å². The second-order valence-electron chi connectivity index (χ2n) is 3.15. The highest BCUT2D eigenvalue weighted by molar-refractivity contribution is 9.10. The maximum Gasteiger partial charge on any atom is 0.137 e. The molecule has 0 saturated carbocycles. The number of benzene rings is 1. The first kappa shape index (κ1) is 12.6. The fourth-order valence-corrected chi connectivity index (χ4v) is 1.57. The van der Waals surface area contributed by atoms with Crippen LogP contribution in [0, 0.1) is 5.82 Å². The summed E-state index contributed by atoms with van der Waals surface area (Å²) in [5, 5.41) is 3.16. The van der Waals surface area contributed by atoms with Gasteiger partial charge in [0.1, 0.15) is 5.82 Å². The molecule has 0 unspecified atom stereocenters. The summed E-state index contributed by atoms with van der Waals surface area (Å²) in [4.78, 5) is 0. The molecule has 0 aliphatic heterocycles. The Morgan fingerprint density at radius 2 is 2.27 bits per heavy atom. The summed E-state index contributed by atoms with van der Waals surface area (Å²) in [5.74, 6) is -0.244. The van der Waals surface area contributed by atoms with Crippen LogP contribution in [0.25, 0.3) is 0 Å². The largest absolute Gasteiger partial charge is 0.375 e. The first-order valence-electron chi connectivity index (χ1n) is 4.96. The molecule has 1 N–H and O–H groups in total. The molecule has 0 aromatic heterocycles. The van der Waals surface area contributed by atoms with Crippen LogP contribution in [0.5, 0.6) is 0 Å². The SMILES string of the molecule is CCNCCOCc1ccc(F)c(Br)c1. The molecule has 0 fully saturated rings. The lowest BCUT2D eigenvalue weighted by atomic mass is 10.2. The zero-order chi connectivity index (χ0) is 11.1. The highest BCUT2D eigenvalue weighted by Gasteiger charge is 2.00. The molecule has 0 aliphatic rings. The van der Waals surface area contributed by atoms with Gasteiger partial charge in [-0.2, -0.15) is 0 Å². The Hall–Kier alpha value is -0.450. The molecular weight excluding hydrogens is 261 g/mol. The van der Waals surface area contributed by atoms with Gasteiger partial charge < -0.3 is 10.1 Å². The van der Waals surface area contributed by atoms with E-state index in [0.29, 0.717) is 17.7 Å². The highest BCUT2D eigenvalue weighted by atomic mass is 79.9. The molecule has 0 bridgehead atoms. The van der Waals surface area contributed by atoms with Gasteiger partial charge in [-0.15, -0.1) is 0 Å². The van der Waals surface area contributed by atoms with Gasteiger partial charge in [-0.05, 0) is 40.2 Å². The number of hydrogen-bond acceptors (Lipinski definition) is 2. The minimum absolute atomic E-state index is 0.244. The molecule has 0 amide bonds. The van der Waals surface area contributed by atoms with Gasteiger partial charge in [0.05, 0.1) is 17.7 Å². The molecule has 0 radical (unpaired) electrons. The Balaban J connectivity index is 2.28. The van der Waals surface area contributed by atoms with E-state index >= 15 is 0 Å². The second kappa shape index (κ2) is 6.93. The van der Waals surface area contributed by atoms with Crippen LogP contribution in [0.1, 0.15) is 12.5 Å². The van der Waals surface area contributed by atoms with E-state index in [1.54, 1.807) is 12.1 Å². The first-order chi connectivity index (χ1) is 7.24. The van der Waals surface area contributed by atoms with Crippen molar-refractivity contribution in [3.05, 3.63) is 34.1 Å². The van der Waals surface area contributed by atoms with Gasteiger partial charge in [-0.25, -0.2) is 4.39 Å². The van der Waals surface area contributed by atoms with Crippen molar-refractivity contribution in [3.63, 3.8) is 0 Å². The van der Waals surface area contributed by atoms with Crippen molar-refractivity contribution in [1.82, 2.24) is 5.32 Å². The summed E-state index contributed by atoms with van der Waals surface area (Å²) >= 11 is 3.14. The van der Waals surface area contributed by atoms with Gasteiger partial charge in [0.2, 0.25) is 0 Å². The van der Waals surface area contributed by atoms with Crippen LogP contribution < -0.4 is 5.32 Å². The molecule has 0 saturated heterocycles. The third-order valence-corrected chi connectivity index (χ3v) is 2.53. The topological polar surface area (TPSA) is 21.3 Å². The predicted molar refractivity (Wildman–Crippen MR) is 62.3 cm³/mol. The van der Waals surface area contributed by atoms with Crippen molar-refractivity contribution >= 4 is 15.9 Å². The Kier molecular flexibility index (Phi) is 5.83. The lowest BCUT2D eigenvalue weighted by Gasteiger charge is -2.05. The van der Waals surface area contributed by atoms with Crippen molar-refractivity contribution in [2.75, 3.05) is 19.7 Å². The first-order valence-corrected chi connectivity index (χ1v) is 5.75. The number of halogens is 2. The normalized spacial score (nSPS) is 10.6. The van der Waals surface area contributed by atoms with Crippen molar-refractivity contribution in [2.24, 2.45) is 0 Å². The molecule has 1 aromatic carbocycles. The fourth-order valence-electron chi connectivity index (χ4n) is 1.14. The van der Waals surface area contributed by atoms with Gasteiger partial charge in [0.15, 0.2) is 0 Å². The number of nitrogens with one attached hydrogen (secondary N) is 1. The van der Waals surface area contributed by atoms with E-state index < -0.39 is 0 Å². The summed E-state index contributed by atoms with van der Waals surface area (Å²) in [5.41, 5.74) is 0.972. The Morgan fingerprint density at radius 3 is 2.93 bits per heavy atom. The van der Waals surface area contributed by atoms with Crippen LogP contribution in [0.15, 0.2) is 22.7 Å². The smallest absolute Gasteiger partial charge is 0.137 e. The molecule has 15 heavy (non-hydrogen) atoms. The number of hydrogen-bond donors (Lipinski definition) is 1. The molecular formula is C11H15BrFNO. The minimum Gasteiger partial charge on any atom is -0.375 e. The molecule has 0 aliphatic carbocycles. The summed E-state index contributed by atoms with van der Waals surface area (Å²) in [7, 11) is 0. The Labute approximate surface area is 98.0 Å². The summed E-state index contributed by atoms with van der Waals surface area (Å²) in [6, 6.07) is 4.91. The molecule has 4 heteroatoms. The van der Waals surface area contributed by atoms with Crippen molar-refractivity contribution in [3.8, 4) is 0 Å². The molecule has 0 atom stereocenters. The second-order valence-corrected chi connectivity index (χ2v) is 4.01. The average molecular weight is 276 g/mol. The lowest BCUT2D eigenvalue weighted by Crippen LogP contribution is -2.18. The zero-order valence-corrected chi connectivity index (χ0v) is 10.3. The monoisotopic (exact) mass is 275 g/mol. The van der Waals surface area contributed by atoms with Crippen LogP contribution in [0.2, 0.25) is 0 Å². The summed E-state index contributed by atoms with van der Waals surface area (Å²) < 4.78 is 18.8. The fraction of sp³-hybridized carbons (Fsp3) is 0.455. The van der Waals surface area contributed by atoms with Crippen LogP contribution in [-0.4, -0.2) is 19.7 Å². The minimum atomic E-state index is -0.244. The van der Waals surface area contributed by atoms with E-state index in [9.17, 15) is 4.39 Å². The van der Waals surface area contributed by atoms with E-state index in [0.717, 1.165) is 18.7 Å². The maximum atomic E-state index is 12.9. The van der Waals surface area contributed by atoms with Crippen LogP contribution >= 0.6 is 15.9 Å². The predicted octanol–water partition coefficient (Wildman–Crippen LogP) is 2.71. The standard InChI is InChI=1S/C11H15BrFNO/c1-2-14-5-6-15-8-9-3-4-11(13)10(12)7-9/h3-4,7,14H,2,5-6,8H2,1H3. The molecule has 84 valence electrons. The zero-order valence-electron chi connectivity index (χ0n) is 8.72. The van der Waals surface area contributed by atoms with E-state index in [1.165, 1.54) is 6.07 Å². The van der Waals surface area contributed by atoms with Crippen LogP contribution in [0.4, 0.5) is 4.39 Å². The van der Waals surface area contributed by atoms with Crippen molar-refractivity contribution < 1.29 is 9.13 Å². The third-order valence-electron chi connectivity index (χ3n) is 1.93. The third kappa shape index (κ3) is 4.73. The molecule has 0 heterocycles. The van der Waals surface area contributed by atoms with E-state index in [2.05, 4.69) is 28.2 Å². The van der Waals surface area contributed by atoms with Gasteiger partial charge in [0.25, 0.3) is 0 Å². The molecule has 1 rings (SSSR count). The van der Waals surface area contributed by atoms with Crippen LogP contribution in [0.3, 0.4) is 0 Å². The number of likely N-dealkylation sites (N-methyl/N-ethyl adjacent to an activating group) is 1. The van der Waals surface area contributed by atoms with Crippen molar-refractivity contribution in [1.29, 1.82) is 0 Å². The van der Waals surface area contributed by atoms with E-state index in [-0.39, 0.29) is 5.82 Å². The van der Waals surface area contributed by atoms with Gasteiger partial charge >= 0.3 is 0 Å². The van der Waals surface area contributed by atoms with Gasteiger partial charge in [-0.3, -0.25) is 0 Å². The molecule has 2 nitrogen and oxygen atoms in total. The Bertz CT molecular complexity index is 307. The van der Waals surface area contributed by atoms with Gasteiger partial charge in [0, 0.05) is 6.54 Å². The summed E-state index contributed by atoms with van der Waals surface area (Å²) in [6.07, 6.45) is 0. The summed E-state index contributed by atoms with van der Waals surface area (Å²) in [6.45, 7) is 5.04. The number of rotatable bonds is 6. The van der Waals surface area contributed by atoms with Crippen LogP contribution in [-0.2, 0) is 11.3 Å². The van der Waals surface area contributed by atoms with Crippen molar-refractivity contribution in [2.45, 2.75) is 13.5 Å². The highest BCUT2D eigenvalue weighted by Crippen LogP contribution is 2.17. The molecule has 1 aromatic rings. The average Bonchev–Trinajstić information content (AvgIpc) is 2.23. The number of ether oxygens (including phenoxy) is 1. The maximum absolute atomic E-state index is 12.9. The quantitative estimate of drug-likeness (QED) is 0.807. The van der Waals surface area contributed by atoms with E-state index in [1.807, 2.05) is 0 Å². The Morgan fingerprint density at radius 1 is 1.47 bits per heavy atom. The lowest BCUT2D eigenvalue weighted by molar-refractivity contribution is 0.123.